The van der Waals surface area contributed by atoms with E-state index in [-0.39, 0.29) is 5.82 Å². The van der Waals surface area contributed by atoms with E-state index in [2.05, 4.69) is 39.9 Å². The van der Waals surface area contributed by atoms with E-state index < -0.39 is 0 Å². The molecule has 94 valence electrons. The zero-order chi connectivity index (χ0) is 13.1. The highest BCUT2D eigenvalue weighted by molar-refractivity contribution is 9.10. The predicted molar refractivity (Wildman–Crippen MR) is 77.4 cm³/mol. The average Bonchev–Trinajstić information content (AvgIpc) is 2.34. The number of benzene rings is 2. The fourth-order valence-corrected chi connectivity index (χ4v) is 2.41. The van der Waals surface area contributed by atoms with Crippen molar-refractivity contribution in [2.75, 3.05) is 11.9 Å². The van der Waals surface area contributed by atoms with Gasteiger partial charge in [-0.1, -0.05) is 24.3 Å². The van der Waals surface area contributed by atoms with Gasteiger partial charge in [-0.2, -0.15) is 0 Å². The minimum absolute atomic E-state index is 0.225. The average molecular weight is 308 g/mol. The molecule has 0 aliphatic heterocycles. The Morgan fingerprint density at radius 2 is 1.89 bits per heavy atom. The third-order valence-electron chi connectivity index (χ3n) is 2.93. The number of anilines is 1. The van der Waals surface area contributed by atoms with Gasteiger partial charge in [-0.3, -0.25) is 0 Å². The molecular formula is C15H15BrFN. The zero-order valence-electron chi connectivity index (χ0n) is 10.5. The molecule has 0 atom stereocenters. The highest BCUT2D eigenvalue weighted by atomic mass is 79.9. The molecule has 3 heteroatoms. The lowest BCUT2D eigenvalue weighted by Gasteiger charge is -2.21. The zero-order valence-corrected chi connectivity index (χ0v) is 12.0. The van der Waals surface area contributed by atoms with Crippen molar-refractivity contribution < 1.29 is 4.39 Å². The summed E-state index contributed by atoms with van der Waals surface area (Å²) in [5.41, 5.74) is 3.51. The van der Waals surface area contributed by atoms with Crippen LogP contribution in [0, 0.1) is 12.7 Å². The van der Waals surface area contributed by atoms with Crippen LogP contribution in [0.1, 0.15) is 11.1 Å². The monoisotopic (exact) mass is 307 g/mol. The SMILES string of the molecule is Cc1ccccc1N(C)Cc1ccc(F)c(Br)c1. The van der Waals surface area contributed by atoms with Crippen LogP contribution in [0.5, 0.6) is 0 Å². The largest absolute Gasteiger partial charge is 0.370 e. The van der Waals surface area contributed by atoms with Gasteiger partial charge in [0.15, 0.2) is 0 Å². The highest BCUT2D eigenvalue weighted by Crippen LogP contribution is 2.22. The maximum atomic E-state index is 13.2. The number of para-hydroxylation sites is 1. The first kappa shape index (κ1) is 13.1. The van der Waals surface area contributed by atoms with Crippen LogP contribution in [0.25, 0.3) is 0 Å². The standard InChI is InChI=1S/C15H15BrFN/c1-11-5-3-4-6-15(11)18(2)10-12-7-8-14(17)13(16)9-12/h3-9H,10H2,1-2H3. The number of hydrogen-bond donors (Lipinski definition) is 0. The molecule has 0 amide bonds. The topological polar surface area (TPSA) is 3.24 Å². The summed E-state index contributed by atoms with van der Waals surface area (Å²) in [6.45, 7) is 2.84. The van der Waals surface area contributed by atoms with Gasteiger partial charge in [0.2, 0.25) is 0 Å². The Hall–Kier alpha value is -1.35. The predicted octanol–water partition coefficient (Wildman–Crippen LogP) is 4.53. The van der Waals surface area contributed by atoms with Crippen molar-refractivity contribution in [1.82, 2.24) is 0 Å². The van der Waals surface area contributed by atoms with Crippen LogP contribution in [0.15, 0.2) is 46.9 Å². The van der Waals surface area contributed by atoms with Gasteiger partial charge >= 0.3 is 0 Å². The van der Waals surface area contributed by atoms with E-state index >= 15 is 0 Å². The first-order chi connectivity index (χ1) is 8.58. The first-order valence-electron chi connectivity index (χ1n) is 5.78. The van der Waals surface area contributed by atoms with E-state index in [1.807, 2.05) is 31.3 Å². The quantitative estimate of drug-likeness (QED) is 0.805. The van der Waals surface area contributed by atoms with Gasteiger partial charge in [-0.25, -0.2) is 4.39 Å². The lowest BCUT2D eigenvalue weighted by molar-refractivity contribution is 0.620. The van der Waals surface area contributed by atoms with E-state index in [4.69, 9.17) is 0 Å². The first-order valence-corrected chi connectivity index (χ1v) is 6.58. The maximum Gasteiger partial charge on any atom is 0.137 e. The van der Waals surface area contributed by atoms with Crippen LogP contribution in [-0.2, 0) is 6.54 Å². The van der Waals surface area contributed by atoms with Crippen molar-refractivity contribution in [3.05, 3.63) is 63.9 Å². The Morgan fingerprint density at radius 1 is 1.17 bits per heavy atom. The number of aryl methyl sites for hydroxylation is 1. The molecule has 0 heterocycles. The van der Waals surface area contributed by atoms with Crippen LogP contribution in [0.4, 0.5) is 10.1 Å². The third kappa shape index (κ3) is 2.91. The summed E-state index contributed by atoms with van der Waals surface area (Å²) >= 11 is 3.21. The Balaban J connectivity index is 2.19. The molecule has 0 saturated carbocycles. The summed E-state index contributed by atoms with van der Waals surface area (Å²) in [5, 5.41) is 0. The molecule has 0 bridgehead atoms. The summed E-state index contributed by atoms with van der Waals surface area (Å²) in [4.78, 5) is 2.16. The summed E-state index contributed by atoms with van der Waals surface area (Å²) < 4.78 is 13.7. The van der Waals surface area contributed by atoms with Crippen molar-refractivity contribution in [2.24, 2.45) is 0 Å². The Bertz CT molecular complexity index is 554. The summed E-state index contributed by atoms with van der Waals surface area (Å²) in [6.07, 6.45) is 0. The smallest absolute Gasteiger partial charge is 0.137 e. The third-order valence-corrected chi connectivity index (χ3v) is 3.54. The molecule has 0 aromatic heterocycles. The maximum absolute atomic E-state index is 13.2. The van der Waals surface area contributed by atoms with Crippen molar-refractivity contribution in [2.45, 2.75) is 13.5 Å². The second-order valence-electron chi connectivity index (χ2n) is 4.39. The van der Waals surface area contributed by atoms with Gasteiger partial charge in [0.1, 0.15) is 5.82 Å². The molecule has 0 aliphatic rings. The Kier molecular flexibility index (Phi) is 4.02. The Morgan fingerprint density at radius 3 is 2.56 bits per heavy atom. The lowest BCUT2D eigenvalue weighted by Crippen LogP contribution is -2.17. The number of halogens is 2. The molecule has 0 radical (unpaired) electrons. The van der Waals surface area contributed by atoms with Gasteiger partial charge < -0.3 is 4.90 Å². The number of rotatable bonds is 3. The van der Waals surface area contributed by atoms with Gasteiger partial charge in [-0.05, 0) is 52.2 Å². The molecule has 1 nitrogen and oxygen atoms in total. The second kappa shape index (κ2) is 5.53. The Labute approximate surface area is 115 Å². The minimum atomic E-state index is -0.225. The van der Waals surface area contributed by atoms with Crippen molar-refractivity contribution in [3.63, 3.8) is 0 Å². The summed E-state index contributed by atoms with van der Waals surface area (Å²) in [6, 6.07) is 13.4. The van der Waals surface area contributed by atoms with Gasteiger partial charge in [0, 0.05) is 19.3 Å². The van der Waals surface area contributed by atoms with Crippen molar-refractivity contribution >= 4 is 21.6 Å². The highest BCUT2D eigenvalue weighted by Gasteiger charge is 2.06. The number of hydrogen-bond acceptors (Lipinski definition) is 1. The van der Waals surface area contributed by atoms with E-state index in [1.165, 1.54) is 17.3 Å². The van der Waals surface area contributed by atoms with Crippen molar-refractivity contribution in [3.8, 4) is 0 Å². The van der Waals surface area contributed by atoms with Crippen LogP contribution >= 0.6 is 15.9 Å². The minimum Gasteiger partial charge on any atom is -0.370 e. The molecule has 2 aromatic carbocycles. The number of nitrogens with zero attached hydrogens (tertiary/aromatic N) is 1. The van der Waals surface area contributed by atoms with E-state index in [0.717, 1.165) is 12.1 Å². The van der Waals surface area contributed by atoms with Gasteiger partial charge in [-0.15, -0.1) is 0 Å². The second-order valence-corrected chi connectivity index (χ2v) is 5.25. The molecule has 0 N–H and O–H groups in total. The fourth-order valence-electron chi connectivity index (χ4n) is 1.99. The van der Waals surface area contributed by atoms with Crippen LogP contribution in [-0.4, -0.2) is 7.05 Å². The normalized spacial score (nSPS) is 10.4. The van der Waals surface area contributed by atoms with E-state index in [0.29, 0.717) is 4.47 Å². The van der Waals surface area contributed by atoms with Gasteiger partial charge in [0.05, 0.1) is 4.47 Å². The van der Waals surface area contributed by atoms with Gasteiger partial charge in [0.25, 0.3) is 0 Å². The molecule has 0 aliphatic carbocycles. The van der Waals surface area contributed by atoms with Crippen molar-refractivity contribution in [1.29, 1.82) is 0 Å². The van der Waals surface area contributed by atoms with E-state index in [9.17, 15) is 4.39 Å². The summed E-state index contributed by atoms with van der Waals surface area (Å²) in [5.74, 6) is -0.225. The molecule has 0 unspecified atom stereocenters. The molecule has 2 aromatic rings. The fraction of sp³-hybridized carbons (Fsp3) is 0.200. The molecule has 0 fully saturated rings. The lowest BCUT2D eigenvalue weighted by atomic mass is 10.1. The summed E-state index contributed by atoms with van der Waals surface area (Å²) in [7, 11) is 2.04. The van der Waals surface area contributed by atoms with E-state index in [1.54, 1.807) is 0 Å². The molecular weight excluding hydrogens is 293 g/mol. The van der Waals surface area contributed by atoms with Crippen LogP contribution in [0.2, 0.25) is 0 Å². The molecule has 0 saturated heterocycles. The molecule has 2 rings (SSSR count). The van der Waals surface area contributed by atoms with Crippen LogP contribution in [0.3, 0.4) is 0 Å². The van der Waals surface area contributed by atoms with Crippen LogP contribution < -0.4 is 4.90 Å². The molecule has 18 heavy (non-hydrogen) atoms. The molecule has 0 spiro atoms.